The van der Waals surface area contributed by atoms with Crippen molar-refractivity contribution in [1.82, 2.24) is 15.5 Å². The van der Waals surface area contributed by atoms with E-state index >= 15 is 0 Å². The Bertz CT molecular complexity index is 849. The SMILES string of the molecule is CCNC(=NCC(=O)NCc1ccc(OC)cc1)N(C)Cc1ccc(OC(F)F)cc1.I. The maximum atomic E-state index is 12.3. The number of carbonyl (C=O) groups excluding carboxylic acids is 1. The molecule has 0 saturated heterocycles. The predicted molar refractivity (Wildman–Crippen MR) is 131 cm³/mol. The van der Waals surface area contributed by atoms with Crippen LogP contribution in [0.15, 0.2) is 53.5 Å². The van der Waals surface area contributed by atoms with Crippen LogP contribution in [0.1, 0.15) is 18.1 Å². The normalized spacial score (nSPS) is 10.9. The lowest BCUT2D eigenvalue weighted by molar-refractivity contribution is -0.119. The Morgan fingerprint density at radius 3 is 2.19 bits per heavy atom. The molecule has 7 nitrogen and oxygen atoms in total. The van der Waals surface area contributed by atoms with E-state index in [1.807, 2.05) is 43.1 Å². The Balaban J connectivity index is 0.00000512. The van der Waals surface area contributed by atoms with Gasteiger partial charge in [0.1, 0.15) is 18.0 Å². The highest BCUT2D eigenvalue weighted by molar-refractivity contribution is 14.0. The number of hydrogen-bond donors (Lipinski definition) is 2. The summed E-state index contributed by atoms with van der Waals surface area (Å²) in [4.78, 5) is 18.4. The molecular weight excluding hydrogens is 533 g/mol. The van der Waals surface area contributed by atoms with Crippen LogP contribution in [-0.2, 0) is 17.9 Å². The zero-order chi connectivity index (χ0) is 22.6. The molecule has 2 aromatic rings. The molecule has 2 aromatic carbocycles. The maximum absolute atomic E-state index is 12.3. The number of amides is 1. The van der Waals surface area contributed by atoms with Gasteiger partial charge in [0, 0.05) is 26.7 Å². The minimum Gasteiger partial charge on any atom is -0.497 e. The van der Waals surface area contributed by atoms with Crippen LogP contribution in [0.4, 0.5) is 8.78 Å². The van der Waals surface area contributed by atoms with E-state index < -0.39 is 6.61 Å². The topological polar surface area (TPSA) is 75.2 Å². The number of benzene rings is 2. The van der Waals surface area contributed by atoms with Crippen molar-refractivity contribution in [3.63, 3.8) is 0 Å². The summed E-state index contributed by atoms with van der Waals surface area (Å²) in [6, 6.07) is 13.8. The van der Waals surface area contributed by atoms with Crippen molar-refractivity contribution in [1.29, 1.82) is 0 Å². The lowest BCUT2D eigenvalue weighted by Gasteiger charge is -2.22. The monoisotopic (exact) mass is 562 g/mol. The molecule has 0 bridgehead atoms. The first-order chi connectivity index (χ1) is 14.9. The van der Waals surface area contributed by atoms with Crippen molar-refractivity contribution in [2.75, 3.05) is 27.2 Å². The lowest BCUT2D eigenvalue weighted by atomic mass is 10.2. The number of methoxy groups -OCH3 is 1. The molecule has 2 N–H and O–H groups in total. The largest absolute Gasteiger partial charge is 0.497 e. The first kappa shape index (κ1) is 27.4. The molecule has 2 rings (SSSR count). The van der Waals surface area contributed by atoms with E-state index in [1.165, 1.54) is 12.1 Å². The number of nitrogens with one attached hydrogen (secondary N) is 2. The molecule has 0 saturated carbocycles. The molecule has 0 aliphatic rings. The molecule has 1 amide bonds. The molecule has 176 valence electrons. The highest BCUT2D eigenvalue weighted by atomic mass is 127. The van der Waals surface area contributed by atoms with E-state index in [9.17, 15) is 13.6 Å². The number of hydrogen-bond acceptors (Lipinski definition) is 4. The van der Waals surface area contributed by atoms with E-state index in [1.54, 1.807) is 19.2 Å². The van der Waals surface area contributed by atoms with E-state index in [-0.39, 0.29) is 42.2 Å². The van der Waals surface area contributed by atoms with Crippen LogP contribution in [-0.4, -0.2) is 50.6 Å². The van der Waals surface area contributed by atoms with E-state index in [4.69, 9.17) is 4.74 Å². The maximum Gasteiger partial charge on any atom is 0.387 e. The fourth-order valence-electron chi connectivity index (χ4n) is 2.74. The molecule has 0 aromatic heterocycles. The van der Waals surface area contributed by atoms with Gasteiger partial charge in [-0.05, 0) is 42.3 Å². The molecule has 0 fully saturated rings. The van der Waals surface area contributed by atoms with Crippen molar-refractivity contribution in [2.24, 2.45) is 4.99 Å². The van der Waals surface area contributed by atoms with Gasteiger partial charge in [0.25, 0.3) is 0 Å². The van der Waals surface area contributed by atoms with Crippen molar-refractivity contribution >= 4 is 35.8 Å². The van der Waals surface area contributed by atoms with E-state index in [0.29, 0.717) is 25.6 Å². The average Bonchev–Trinajstić information content (AvgIpc) is 2.76. The molecule has 32 heavy (non-hydrogen) atoms. The molecule has 0 aliphatic heterocycles. The molecule has 0 aliphatic carbocycles. The minimum atomic E-state index is -2.85. The minimum absolute atomic E-state index is 0. The fourth-order valence-corrected chi connectivity index (χ4v) is 2.74. The van der Waals surface area contributed by atoms with Gasteiger partial charge in [-0.1, -0.05) is 24.3 Å². The first-order valence-corrected chi connectivity index (χ1v) is 9.84. The first-order valence-electron chi connectivity index (χ1n) is 9.84. The summed E-state index contributed by atoms with van der Waals surface area (Å²) in [5.74, 6) is 1.23. The standard InChI is InChI=1S/C22H28F2N4O3.HI/c1-4-25-22(28(2)15-17-7-11-19(12-8-17)31-21(23)24)27-14-20(29)26-13-16-5-9-18(30-3)10-6-16;/h5-12,21H,4,13-15H2,1-3H3,(H,25,27)(H,26,29);1H. The number of alkyl halides is 2. The Morgan fingerprint density at radius 1 is 1.03 bits per heavy atom. The highest BCUT2D eigenvalue weighted by Gasteiger charge is 2.09. The Labute approximate surface area is 204 Å². The molecule has 0 heterocycles. The molecule has 0 unspecified atom stereocenters. The summed E-state index contributed by atoms with van der Waals surface area (Å²) in [6.45, 7) is 0.578. The molecule has 10 heteroatoms. The van der Waals surface area contributed by atoms with Crippen molar-refractivity contribution in [3.05, 3.63) is 59.7 Å². The van der Waals surface area contributed by atoms with Gasteiger partial charge in [0.05, 0.1) is 7.11 Å². The third-order valence-corrected chi connectivity index (χ3v) is 4.29. The van der Waals surface area contributed by atoms with Gasteiger partial charge < -0.3 is 25.0 Å². The Kier molecular flexibility index (Phi) is 12.4. The number of aliphatic imine (C=N–C) groups is 1. The van der Waals surface area contributed by atoms with Gasteiger partial charge in [0.2, 0.25) is 5.91 Å². The summed E-state index contributed by atoms with van der Waals surface area (Å²) < 4.78 is 34.0. The van der Waals surface area contributed by atoms with Gasteiger partial charge in [-0.25, -0.2) is 4.99 Å². The summed E-state index contributed by atoms with van der Waals surface area (Å²) in [5, 5.41) is 5.98. The van der Waals surface area contributed by atoms with Gasteiger partial charge >= 0.3 is 6.61 Å². The highest BCUT2D eigenvalue weighted by Crippen LogP contribution is 2.16. The van der Waals surface area contributed by atoms with Gasteiger partial charge in [-0.2, -0.15) is 8.78 Å². The van der Waals surface area contributed by atoms with Gasteiger partial charge in [-0.3, -0.25) is 4.79 Å². The number of ether oxygens (including phenoxy) is 2. The predicted octanol–water partition coefficient (Wildman–Crippen LogP) is 3.63. The zero-order valence-corrected chi connectivity index (χ0v) is 20.6. The van der Waals surface area contributed by atoms with Crippen LogP contribution in [0.5, 0.6) is 11.5 Å². The Morgan fingerprint density at radius 2 is 1.62 bits per heavy atom. The van der Waals surface area contributed by atoms with Gasteiger partial charge in [0.15, 0.2) is 5.96 Å². The lowest BCUT2D eigenvalue weighted by Crippen LogP contribution is -2.39. The number of halogens is 3. The molecule has 0 atom stereocenters. The molecule has 0 radical (unpaired) electrons. The van der Waals surface area contributed by atoms with Crippen LogP contribution in [0.3, 0.4) is 0 Å². The van der Waals surface area contributed by atoms with Crippen LogP contribution in [0, 0.1) is 0 Å². The fraction of sp³-hybridized carbons (Fsp3) is 0.364. The molecule has 0 spiro atoms. The van der Waals surface area contributed by atoms with Crippen molar-refractivity contribution < 1.29 is 23.0 Å². The number of nitrogens with zero attached hydrogens (tertiary/aromatic N) is 2. The van der Waals surface area contributed by atoms with E-state index in [2.05, 4.69) is 20.4 Å². The average molecular weight is 562 g/mol. The van der Waals surface area contributed by atoms with Crippen LogP contribution in [0.25, 0.3) is 0 Å². The number of guanidine groups is 1. The Hall–Kier alpha value is -2.63. The van der Waals surface area contributed by atoms with Gasteiger partial charge in [-0.15, -0.1) is 24.0 Å². The zero-order valence-electron chi connectivity index (χ0n) is 18.3. The smallest absolute Gasteiger partial charge is 0.387 e. The second-order valence-electron chi connectivity index (χ2n) is 6.67. The summed E-state index contributed by atoms with van der Waals surface area (Å²) in [5.41, 5.74) is 1.85. The second-order valence-corrected chi connectivity index (χ2v) is 6.67. The van der Waals surface area contributed by atoms with Crippen molar-refractivity contribution in [3.8, 4) is 11.5 Å². The van der Waals surface area contributed by atoms with Crippen LogP contribution in [0.2, 0.25) is 0 Å². The third-order valence-electron chi connectivity index (χ3n) is 4.29. The summed E-state index contributed by atoms with van der Waals surface area (Å²) >= 11 is 0. The number of carbonyl (C=O) groups is 1. The third kappa shape index (κ3) is 9.67. The summed E-state index contributed by atoms with van der Waals surface area (Å²) in [7, 11) is 3.44. The number of rotatable bonds is 10. The van der Waals surface area contributed by atoms with Crippen LogP contribution < -0.4 is 20.1 Å². The van der Waals surface area contributed by atoms with E-state index in [0.717, 1.165) is 16.9 Å². The summed E-state index contributed by atoms with van der Waals surface area (Å²) in [6.07, 6.45) is 0. The second kappa shape index (κ2) is 14.4. The van der Waals surface area contributed by atoms with Crippen LogP contribution >= 0.6 is 24.0 Å². The quantitative estimate of drug-likeness (QED) is 0.263. The van der Waals surface area contributed by atoms with Crippen molar-refractivity contribution in [2.45, 2.75) is 26.6 Å². The molecular formula is C22H29F2IN4O3.